The van der Waals surface area contributed by atoms with Gasteiger partial charge in [0.2, 0.25) is 0 Å². The van der Waals surface area contributed by atoms with Crippen LogP contribution in [-0.2, 0) is 14.3 Å². The van der Waals surface area contributed by atoms with Gasteiger partial charge in [0.1, 0.15) is 0 Å². The van der Waals surface area contributed by atoms with Crippen LogP contribution >= 0.6 is 0 Å². The normalized spacial score (nSPS) is 15.3. The van der Waals surface area contributed by atoms with Crippen molar-refractivity contribution in [3.8, 4) is 0 Å². The van der Waals surface area contributed by atoms with Gasteiger partial charge in [0.05, 0.1) is 25.9 Å². The van der Waals surface area contributed by atoms with Crippen LogP contribution in [0.25, 0.3) is 0 Å². The number of carbonyl (C=O) groups is 1. The van der Waals surface area contributed by atoms with Gasteiger partial charge in [-0.3, -0.25) is 4.79 Å². The molecule has 4 nitrogen and oxygen atoms in total. The van der Waals surface area contributed by atoms with Gasteiger partial charge in [0, 0.05) is 0 Å². The fourth-order valence-electron chi connectivity index (χ4n) is 1.11. The van der Waals surface area contributed by atoms with Gasteiger partial charge in [-0.15, -0.1) is 0 Å². The fraction of sp³-hybridized carbons (Fsp3) is 0.750. The predicted octanol–water partition coefficient (Wildman–Crippen LogP) is 2.56. The molecule has 0 fully saturated rings. The molecule has 1 N–H and O–H groups in total. The second-order valence-corrected chi connectivity index (χ2v) is 3.93. The highest BCUT2D eigenvalue weighted by atomic mass is 19.4. The smallest absolute Gasteiger partial charge is 0.421 e. The van der Waals surface area contributed by atoms with E-state index >= 15 is 0 Å². The zero-order valence-corrected chi connectivity index (χ0v) is 11.0. The molecule has 0 aliphatic rings. The van der Waals surface area contributed by atoms with Gasteiger partial charge in [-0.1, -0.05) is 13.3 Å². The average Bonchev–Trinajstić information content (AvgIpc) is 2.28. The van der Waals surface area contributed by atoms with Gasteiger partial charge in [0.15, 0.2) is 5.60 Å². The third kappa shape index (κ3) is 6.47. The number of unbranched alkanes of at least 4 members (excludes halogenated alkanes) is 1. The minimum atomic E-state index is -4.98. The lowest BCUT2D eigenvalue weighted by molar-refractivity contribution is -0.243. The van der Waals surface area contributed by atoms with Crippen molar-refractivity contribution >= 4 is 5.97 Å². The van der Waals surface area contributed by atoms with Gasteiger partial charge >= 0.3 is 12.1 Å². The molecule has 0 amide bonds. The van der Waals surface area contributed by atoms with Crippen molar-refractivity contribution in [3.05, 3.63) is 12.3 Å². The summed E-state index contributed by atoms with van der Waals surface area (Å²) in [7, 11) is 0. The van der Waals surface area contributed by atoms with Crippen molar-refractivity contribution in [2.45, 2.75) is 44.9 Å². The summed E-state index contributed by atoms with van der Waals surface area (Å²) in [6.07, 6.45) is -3.72. The van der Waals surface area contributed by atoms with Crippen LogP contribution in [0.5, 0.6) is 0 Å². The molecule has 0 spiro atoms. The Hall–Kier alpha value is -1.24. The van der Waals surface area contributed by atoms with Crippen molar-refractivity contribution in [2.24, 2.45) is 0 Å². The van der Waals surface area contributed by atoms with E-state index in [9.17, 15) is 23.1 Å². The lowest BCUT2D eigenvalue weighted by Gasteiger charge is -2.26. The van der Waals surface area contributed by atoms with Gasteiger partial charge in [-0.05, 0) is 19.4 Å². The number of hydrogen-bond acceptors (Lipinski definition) is 4. The molecule has 0 saturated heterocycles. The van der Waals surface area contributed by atoms with Crippen molar-refractivity contribution in [3.63, 3.8) is 0 Å². The molecular weight excluding hydrogens is 265 g/mol. The van der Waals surface area contributed by atoms with E-state index in [2.05, 4.69) is 9.47 Å². The largest absolute Gasteiger partial charge is 0.502 e. The van der Waals surface area contributed by atoms with Crippen LogP contribution in [0.4, 0.5) is 13.2 Å². The molecule has 1 unspecified atom stereocenters. The third-order valence-corrected chi connectivity index (χ3v) is 2.27. The minimum absolute atomic E-state index is 0.0401. The standard InChI is InChI=1S/C12H19F3O4/c1-3-5-7-19-10(16)9-11(17,12(13,14)15)6-8-18-4-2/h6,8,17H,3-5,7,9H2,1-2H3/b8-6+. The maximum absolute atomic E-state index is 12.7. The second-order valence-electron chi connectivity index (χ2n) is 3.93. The summed E-state index contributed by atoms with van der Waals surface area (Å²) in [4.78, 5) is 11.3. The predicted molar refractivity (Wildman–Crippen MR) is 62.3 cm³/mol. The number of carbonyl (C=O) groups excluding carboxylic acids is 1. The number of esters is 1. The zero-order valence-electron chi connectivity index (χ0n) is 11.0. The number of halogens is 3. The molecule has 0 heterocycles. The topological polar surface area (TPSA) is 55.8 Å². The van der Waals surface area contributed by atoms with Gasteiger partial charge in [-0.2, -0.15) is 13.2 Å². The van der Waals surface area contributed by atoms with E-state index < -0.39 is 24.2 Å². The van der Waals surface area contributed by atoms with Gasteiger partial charge in [0.25, 0.3) is 0 Å². The van der Waals surface area contributed by atoms with Crippen LogP contribution in [-0.4, -0.2) is 36.1 Å². The molecule has 19 heavy (non-hydrogen) atoms. The molecule has 1 atom stereocenters. The van der Waals surface area contributed by atoms with E-state index in [4.69, 9.17) is 0 Å². The fourth-order valence-corrected chi connectivity index (χ4v) is 1.11. The summed E-state index contributed by atoms with van der Waals surface area (Å²) in [5.41, 5.74) is -3.27. The summed E-state index contributed by atoms with van der Waals surface area (Å²) >= 11 is 0. The summed E-state index contributed by atoms with van der Waals surface area (Å²) in [5, 5.41) is 9.51. The average molecular weight is 284 g/mol. The molecule has 0 aromatic rings. The van der Waals surface area contributed by atoms with E-state index in [0.29, 0.717) is 12.5 Å². The molecule has 112 valence electrons. The summed E-state index contributed by atoms with van der Waals surface area (Å²) in [6, 6.07) is 0. The zero-order chi connectivity index (χ0) is 14.9. The highest BCUT2D eigenvalue weighted by Gasteiger charge is 2.53. The highest BCUT2D eigenvalue weighted by molar-refractivity contribution is 5.71. The first-order valence-corrected chi connectivity index (χ1v) is 6.01. The molecular formula is C12H19F3O4. The lowest BCUT2D eigenvalue weighted by Crippen LogP contribution is -2.45. The summed E-state index contributed by atoms with van der Waals surface area (Å²) in [5.74, 6) is -1.10. The van der Waals surface area contributed by atoms with Crippen LogP contribution in [0.2, 0.25) is 0 Å². The quantitative estimate of drug-likeness (QED) is 0.423. The number of ether oxygens (including phenoxy) is 2. The van der Waals surface area contributed by atoms with E-state index in [0.717, 1.165) is 12.7 Å². The number of rotatable bonds is 8. The molecule has 7 heteroatoms. The summed E-state index contributed by atoms with van der Waals surface area (Å²) in [6.45, 7) is 3.63. The molecule has 0 aliphatic heterocycles. The Bertz CT molecular complexity index is 302. The first-order valence-electron chi connectivity index (χ1n) is 6.01. The molecule has 0 saturated carbocycles. The third-order valence-electron chi connectivity index (χ3n) is 2.27. The van der Waals surface area contributed by atoms with E-state index in [1.54, 1.807) is 6.92 Å². The maximum Gasteiger partial charge on any atom is 0.421 e. The Morgan fingerprint density at radius 1 is 1.32 bits per heavy atom. The van der Waals surface area contributed by atoms with E-state index in [-0.39, 0.29) is 13.2 Å². The van der Waals surface area contributed by atoms with Crippen LogP contribution in [0, 0.1) is 0 Å². The van der Waals surface area contributed by atoms with Crippen molar-refractivity contribution in [1.29, 1.82) is 0 Å². The Morgan fingerprint density at radius 3 is 2.42 bits per heavy atom. The van der Waals surface area contributed by atoms with Gasteiger partial charge in [-0.25, -0.2) is 0 Å². The van der Waals surface area contributed by atoms with Crippen LogP contribution in [0.3, 0.4) is 0 Å². The molecule has 0 bridgehead atoms. The van der Waals surface area contributed by atoms with E-state index in [1.165, 1.54) is 0 Å². The monoisotopic (exact) mass is 284 g/mol. The van der Waals surface area contributed by atoms with Crippen LogP contribution < -0.4 is 0 Å². The van der Waals surface area contributed by atoms with Crippen LogP contribution in [0.15, 0.2) is 12.3 Å². The summed E-state index contributed by atoms with van der Waals surface area (Å²) < 4.78 is 47.4. The highest BCUT2D eigenvalue weighted by Crippen LogP contribution is 2.34. The van der Waals surface area contributed by atoms with Gasteiger partial charge < -0.3 is 14.6 Å². The number of aliphatic hydroxyl groups is 1. The number of hydrogen-bond donors (Lipinski definition) is 1. The first kappa shape index (κ1) is 17.8. The van der Waals surface area contributed by atoms with Crippen molar-refractivity contribution < 1.29 is 32.5 Å². The lowest BCUT2D eigenvalue weighted by atomic mass is 9.99. The maximum atomic E-state index is 12.7. The molecule has 0 rings (SSSR count). The molecule has 0 aliphatic carbocycles. The Kier molecular flexibility index (Phi) is 7.51. The Labute approximate surface area is 110 Å². The SMILES string of the molecule is CCCCOC(=O)CC(O)(/C=C/OCC)C(F)(F)F. The molecule has 0 radical (unpaired) electrons. The van der Waals surface area contributed by atoms with Crippen molar-refractivity contribution in [1.82, 2.24) is 0 Å². The molecule has 0 aromatic heterocycles. The first-order chi connectivity index (χ1) is 8.77. The minimum Gasteiger partial charge on any atom is -0.502 e. The molecule has 0 aromatic carbocycles. The number of alkyl halides is 3. The van der Waals surface area contributed by atoms with Crippen molar-refractivity contribution in [2.75, 3.05) is 13.2 Å². The van der Waals surface area contributed by atoms with E-state index in [1.807, 2.05) is 6.92 Å². The Balaban J connectivity index is 4.64. The second kappa shape index (κ2) is 8.04. The Morgan fingerprint density at radius 2 is 1.95 bits per heavy atom. The van der Waals surface area contributed by atoms with Crippen LogP contribution in [0.1, 0.15) is 33.1 Å².